The van der Waals surface area contributed by atoms with Gasteiger partial charge in [0.1, 0.15) is 17.1 Å². The van der Waals surface area contributed by atoms with E-state index < -0.39 is 46.5 Å². The number of hydrogen-bond acceptors (Lipinski definition) is 4. The third kappa shape index (κ3) is 4.98. The molecule has 3 aromatic rings. The predicted octanol–water partition coefficient (Wildman–Crippen LogP) is 6.24. The van der Waals surface area contributed by atoms with Crippen LogP contribution >= 0.6 is 23.2 Å². The smallest absolute Gasteiger partial charge is 0.419 e. The highest BCUT2D eigenvalue weighted by Gasteiger charge is 2.54. The first-order chi connectivity index (χ1) is 17.9. The van der Waals surface area contributed by atoms with Gasteiger partial charge in [-0.05, 0) is 60.2 Å². The highest BCUT2D eigenvalue weighted by atomic mass is 35.5. The van der Waals surface area contributed by atoms with Gasteiger partial charge in [-0.15, -0.1) is 0 Å². The third-order valence-electron chi connectivity index (χ3n) is 6.82. The van der Waals surface area contributed by atoms with Crippen LogP contribution in [0.2, 0.25) is 10.0 Å². The van der Waals surface area contributed by atoms with Crippen LogP contribution in [0.3, 0.4) is 0 Å². The predicted molar refractivity (Wildman–Crippen MR) is 136 cm³/mol. The molecule has 0 unspecified atom stereocenters. The van der Waals surface area contributed by atoms with Crippen molar-refractivity contribution in [3.8, 4) is 5.75 Å². The molecule has 3 aromatic carbocycles. The molecule has 5 nitrogen and oxygen atoms in total. The number of hydrogen-bond donors (Lipinski definition) is 1. The SMILES string of the molecule is COc1ccc(C(=O)N(C)[C@]2(C(=O)c3ccc(F)cc3)CNC[C@H]2c2ccc(Cl)c(Cl)c2)cc1C(F)(F)F. The van der Waals surface area contributed by atoms with Crippen LogP contribution in [0.4, 0.5) is 17.6 Å². The maximum absolute atomic E-state index is 14.1. The molecule has 0 bridgehead atoms. The summed E-state index contributed by atoms with van der Waals surface area (Å²) in [6.45, 7) is 0.234. The van der Waals surface area contributed by atoms with Gasteiger partial charge in [0.2, 0.25) is 0 Å². The number of rotatable bonds is 6. The summed E-state index contributed by atoms with van der Waals surface area (Å²) in [5.74, 6) is -2.99. The Morgan fingerprint density at radius 2 is 1.66 bits per heavy atom. The molecule has 38 heavy (non-hydrogen) atoms. The second-order valence-corrected chi connectivity index (χ2v) is 9.71. The molecular formula is C27H22Cl2F4N2O3. The van der Waals surface area contributed by atoms with E-state index in [1.807, 2.05) is 0 Å². The van der Waals surface area contributed by atoms with Crippen molar-refractivity contribution in [2.24, 2.45) is 0 Å². The van der Waals surface area contributed by atoms with Gasteiger partial charge in [0.25, 0.3) is 5.91 Å². The normalized spacial score (nSPS) is 19.3. The molecule has 11 heteroatoms. The van der Waals surface area contributed by atoms with Crippen molar-refractivity contribution in [3.63, 3.8) is 0 Å². The number of nitrogens with one attached hydrogen (secondary N) is 1. The summed E-state index contributed by atoms with van der Waals surface area (Å²) < 4.78 is 59.5. The molecule has 0 spiro atoms. The summed E-state index contributed by atoms with van der Waals surface area (Å²) in [6.07, 6.45) is -4.78. The zero-order valence-electron chi connectivity index (χ0n) is 20.2. The van der Waals surface area contributed by atoms with Crippen molar-refractivity contribution in [2.75, 3.05) is 27.2 Å². The Hall–Kier alpha value is -3.14. The zero-order valence-corrected chi connectivity index (χ0v) is 21.7. The van der Waals surface area contributed by atoms with Crippen molar-refractivity contribution >= 4 is 34.9 Å². The Labute approximate surface area is 226 Å². The zero-order chi connectivity index (χ0) is 27.8. The van der Waals surface area contributed by atoms with Gasteiger partial charge >= 0.3 is 6.18 Å². The first-order valence-electron chi connectivity index (χ1n) is 11.4. The quantitative estimate of drug-likeness (QED) is 0.282. The number of nitrogens with zero attached hydrogens (tertiary/aromatic N) is 1. The second kappa shape index (κ2) is 10.6. The average Bonchev–Trinajstić information content (AvgIpc) is 3.34. The van der Waals surface area contributed by atoms with E-state index in [1.54, 1.807) is 18.2 Å². The van der Waals surface area contributed by atoms with E-state index in [-0.39, 0.29) is 29.2 Å². The summed E-state index contributed by atoms with van der Waals surface area (Å²) >= 11 is 12.3. The number of likely N-dealkylation sites (N-methyl/N-ethyl adjacent to an activating group) is 1. The summed E-state index contributed by atoms with van der Waals surface area (Å²) in [6, 6.07) is 12.6. The highest BCUT2D eigenvalue weighted by molar-refractivity contribution is 6.42. The molecule has 0 radical (unpaired) electrons. The van der Waals surface area contributed by atoms with Crippen molar-refractivity contribution in [2.45, 2.75) is 17.6 Å². The number of amides is 1. The number of carbonyl (C=O) groups is 2. The van der Waals surface area contributed by atoms with Crippen LogP contribution in [0.1, 0.15) is 37.8 Å². The molecule has 1 aliphatic rings. The molecular weight excluding hydrogens is 547 g/mol. The first-order valence-corrected chi connectivity index (χ1v) is 12.1. The summed E-state index contributed by atoms with van der Waals surface area (Å²) in [5, 5.41) is 3.66. The Morgan fingerprint density at radius 3 is 2.26 bits per heavy atom. The molecule has 1 fully saturated rings. The fraction of sp³-hybridized carbons (Fsp3) is 0.259. The Kier molecular flexibility index (Phi) is 7.74. The standard InChI is InChI=1S/C27H22Cl2F4N2O3/c1-35(25(37)17-6-10-23(38-2)19(11-17)27(31,32)33)26(24(36)15-3-7-18(30)8-4-15)14-34-13-20(26)16-5-9-21(28)22(29)12-16/h3-12,20,34H,13-14H2,1-2H3/t20-,26+/m0/s1. The van der Waals surface area contributed by atoms with Crippen LogP contribution in [0.15, 0.2) is 60.7 Å². The average molecular weight is 569 g/mol. The Morgan fingerprint density at radius 1 is 1.00 bits per heavy atom. The molecule has 1 amide bonds. The molecule has 200 valence electrons. The largest absolute Gasteiger partial charge is 0.496 e. The Bertz CT molecular complexity index is 1380. The number of carbonyl (C=O) groups excluding carboxylic acids is 2. The fourth-order valence-corrected chi connectivity index (χ4v) is 5.16. The van der Waals surface area contributed by atoms with Gasteiger partial charge in [0, 0.05) is 37.2 Å². The molecule has 1 aliphatic heterocycles. The van der Waals surface area contributed by atoms with E-state index in [2.05, 4.69) is 5.32 Å². The van der Waals surface area contributed by atoms with Gasteiger partial charge in [0.15, 0.2) is 5.78 Å². The molecule has 1 heterocycles. The minimum absolute atomic E-state index is 0.0152. The maximum atomic E-state index is 14.1. The van der Waals surface area contributed by atoms with E-state index in [1.165, 1.54) is 25.2 Å². The number of halogens is 6. The molecule has 0 aromatic heterocycles. The van der Waals surface area contributed by atoms with Crippen LogP contribution < -0.4 is 10.1 Å². The van der Waals surface area contributed by atoms with E-state index >= 15 is 0 Å². The van der Waals surface area contributed by atoms with Crippen LogP contribution in [0, 0.1) is 5.82 Å². The van der Waals surface area contributed by atoms with Gasteiger partial charge < -0.3 is 15.0 Å². The van der Waals surface area contributed by atoms with Crippen molar-refractivity contribution < 1.29 is 31.9 Å². The molecule has 0 aliphatic carbocycles. The van der Waals surface area contributed by atoms with E-state index in [0.717, 1.165) is 30.2 Å². The van der Waals surface area contributed by atoms with Crippen molar-refractivity contribution in [1.29, 1.82) is 0 Å². The number of methoxy groups -OCH3 is 1. The fourth-order valence-electron chi connectivity index (χ4n) is 4.85. The number of Topliss-reactive ketones (excluding diaryl/α,β-unsaturated/α-hetero) is 1. The minimum atomic E-state index is -4.78. The maximum Gasteiger partial charge on any atom is 0.419 e. The van der Waals surface area contributed by atoms with Crippen molar-refractivity contribution in [3.05, 3.63) is 98.8 Å². The van der Waals surface area contributed by atoms with E-state index in [0.29, 0.717) is 16.7 Å². The third-order valence-corrected chi connectivity index (χ3v) is 7.56. The van der Waals surface area contributed by atoms with E-state index in [4.69, 9.17) is 27.9 Å². The van der Waals surface area contributed by atoms with Gasteiger partial charge in [0.05, 0.1) is 22.7 Å². The summed E-state index contributed by atoms with van der Waals surface area (Å²) in [4.78, 5) is 29.0. The summed E-state index contributed by atoms with van der Waals surface area (Å²) in [5.41, 5.74) is -2.28. The monoisotopic (exact) mass is 568 g/mol. The van der Waals surface area contributed by atoms with Gasteiger partial charge in [-0.1, -0.05) is 29.3 Å². The minimum Gasteiger partial charge on any atom is -0.496 e. The van der Waals surface area contributed by atoms with E-state index in [9.17, 15) is 27.2 Å². The van der Waals surface area contributed by atoms with Gasteiger partial charge in [-0.2, -0.15) is 13.2 Å². The molecule has 4 rings (SSSR count). The summed E-state index contributed by atoms with van der Waals surface area (Å²) in [7, 11) is 2.46. The van der Waals surface area contributed by atoms with Crippen LogP contribution in [0.25, 0.3) is 0 Å². The lowest BCUT2D eigenvalue weighted by Crippen LogP contribution is -2.59. The molecule has 1 N–H and O–H groups in total. The number of alkyl halides is 3. The van der Waals surface area contributed by atoms with Crippen LogP contribution in [-0.4, -0.2) is 49.4 Å². The van der Waals surface area contributed by atoms with Crippen LogP contribution in [-0.2, 0) is 6.18 Å². The van der Waals surface area contributed by atoms with Gasteiger partial charge in [-0.3, -0.25) is 9.59 Å². The van der Waals surface area contributed by atoms with Crippen LogP contribution in [0.5, 0.6) is 5.75 Å². The number of benzene rings is 3. The molecule has 0 saturated carbocycles. The number of ether oxygens (including phenoxy) is 1. The van der Waals surface area contributed by atoms with Crippen molar-refractivity contribution in [1.82, 2.24) is 10.2 Å². The molecule has 1 saturated heterocycles. The number of ketones is 1. The lowest BCUT2D eigenvalue weighted by Gasteiger charge is -2.42. The molecule has 2 atom stereocenters. The topological polar surface area (TPSA) is 58.6 Å². The second-order valence-electron chi connectivity index (χ2n) is 8.89. The Balaban J connectivity index is 1.86. The lowest BCUT2D eigenvalue weighted by molar-refractivity contribution is -0.138. The lowest BCUT2D eigenvalue weighted by atomic mass is 9.75. The highest BCUT2D eigenvalue weighted by Crippen LogP contribution is 2.42. The first kappa shape index (κ1) is 27.9. The van der Waals surface area contributed by atoms with Gasteiger partial charge in [-0.25, -0.2) is 4.39 Å².